The number of carbonyl (C=O) groups is 3. The van der Waals surface area contributed by atoms with Crippen molar-refractivity contribution in [3.05, 3.63) is 87.1 Å². The van der Waals surface area contributed by atoms with Gasteiger partial charge in [-0.25, -0.2) is 0 Å². The predicted molar refractivity (Wildman–Crippen MR) is 110 cm³/mol. The Hall–Kier alpha value is -3.16. The molecule has 0 fully saturated rings. The van der Waals surface area contributed by atoms with Crippen LogP contribution in [0.1, 0.15) is 30.4 Å². The van der Waals surface area contributed by atoms with Gasteiger partial charge in [0.25, 0.3) is 17.7 Å². The van der Waals surface area contributed by atoms with E-state index in [1.165, 1.54) is 16.2 Å². The summed E-state index contributed by atoms with van der Waals surface area (Å²) in [5.41, 5.74) is 5.60. The van der Waals surface area contributed by atoms with Gasteiger partial charge in [-0.3, -0.25) is 25.2 Å². The molecule has 0 bridgehead atoms. The molecule has 3 rings (SSSR count). The number of nitrogens with one attached hydrogen (secondary N) is 2. The van der Waals surface area contributed by atoms with Crippen LogP contribution in [0.3, 0.4) is 0 Å². The van der Waals surface area contributed by atoms with Crippen LogP contribution >= 0.6 is 22.9 Å². The van der Waals surface area contributed by atoms with Gasteiger partial charge in [-0.1, -0.05) is 41.9 Å². The number of thiophene rings is 1. The smallest absolute Gasteiger partial charge is 0.271 e. The van der Waals surface area contributed by atoms with Gasteiger partial charge in [0.15, 0.2) is 0 Å². The second-order valence-electron chi connectivity index (χ2n) is 5.75. The van der Waals surface area contributed by atoms with E-state index in [-0.39, 0.29) is 22.1 Å². The molecule has 8 heteroatoms. The molecule has 0 aliphatic rings. The van der Waals surface area contributed by atoms with Crippen molar-refractivity contribution in [2.24, 2.45) is 0 Å². The fraction of sp³-hybridized carbons (Fsp3) is 0.0500. The van der Waals surface area contributed by atoms with Gasteiger partial charge in [-0.05, 0) is 35.7 Å². The Kier molecular flexibility index (Phi) is 6.08. The molecule has 0 unspecified atom stereocenters. The molecular weight excluding hydrogens is 398 g/mol. The highest BCUT2D eigenvalue weighted by molar-refractivity contribution is 7.12. The molecule has 3 aromatic rings. The third kappa shape index (κ3) is 4.21. The van der Waals surface area contributed by atoms with Crippen molar-refractivity contribution < 1.29 is 14.4 Å². The lowest BCUT2D eigenvalue weighted by atomic mass is 10.1. The molecule has 1 heterocycles. The van der Waals surface area contributed by atoms with Crippen LogP contribution in [0.25, 0.3) is 0 Å². The molecular formula is C20H16ClN3O3S. The van der Waals surface area contributed by atoms with Crippen LogP contribution in [-0.4, -0.2) is 24.8 Å². The summed E-state index contributed by atoms with van der Waals surface area (Å²) in [6, 6.07) is 16.7. The van der Waals surface area contributed by atoms with Crippen LogP contribution in [0.15, 0.2) is 66.0 Å². The van der Waals surface area contributed by atoms with Crippen molar-refractivity contribution in [3.8, 4) is 0 Å². The molecule has 0 saturated carbocycles. The second kappa shape index (κ2) is 8.69. The minimum absolute atomic E-state index is 0.227. The first-order chi connectivity index (χ1) is 13.5. The van der Waals surface area contributed by atoms with E-state index in [2.05, 4.69) is 10.9 Å². The van der Waals surface area contributed by atoms with Crippen LogP contribution < -0.4 is 15.8 Å². The van der Waals surface area contributed by atoms with Crippen molar-refractivity contribution >= 4 is 46.3 Å². The minimum Gasteiger partial charge on any atom is -0.310 e. The van der Waals surface area contributed by atoms with Crippen LogP contribution in [0.4, 0.5) is 5.69 Å². The standard InChI is InChI=1S/C20H16ClN3O3S/c1-24(20(27)17-11-6-12-28-17)16-10-5-3-8-14(16)19(26)23-22-18(25)13-7-2-4-9-15(13)21/h2-12H,1H3,(H,22,25)(H,23,26). The molecule has 3 amide bonds. The molecule has 2 aromatic carbocycles. The SMILES string of the molecule is CN(C(=O)c1cccs1)c1ccccc1C(=O)NNC(=O)c1ccccc1Cl. The lowest BCUT2D eigenvalue weighted by Crippen LogP contribution is -2.42. The first-order valence-corrected chi connectivity index (χ1v) is 9.50. The molecule has 0 aliphatic heterocycles. The number of hydrazine groups is 1. The van der Waals surface area contributed by atoms with Gasteiger partial charge >= 0.3 is 0 Å². The quantitative estimate of drug-likeness (QED) is 0.639. The molecule has 0 aliphatic carbocycles. The Bertz CT molecular complexity index is 1020. The van der Waals surface area contributed by atoms with Gasteiger partial charge in [-0.2, -0.15) is 0 Å². The normalized spacial score (nSPS) is 10.2. The molecule has 0 saturated heterocycles. The minimum atomic E-state index is -0.554. The number of nitrogens with zero attached hydrogens (tertiary/aromatic N) is 1. The van der Waals surface area contributed by atoms with Crippen LogP contribution in [0, 0.1) is 0 Å². The Morgan fingerprint density at radius 1 is 0.857 bits per heavy atom. The van der Waals surface area contributed by atoms with Crippen molar-refractivity contribution in [1.29, 1.82) is 0 Å². The number of para-hydroxylation sites is 1. The lowest BCUT2D eigenvalue weighted by Gasteiger charge is -2.20. The van der Waals surface area contributed by atoms with Gasteiger partial charge in [0.1, 0.15) is 0 Å². The summed E-state index contributed by atoms with van der Waals surface area (Å²) in [5, 5.41) is 2.08. The first kappa shape index (κ1) is 19.6. The van der Waals surface area contributed by atoms with E-state index >= 15 is 0 Å². The zero-order chi connectivity index (χ0) is 20.1. The summed E-state index contributed by atoms with van der Waals surface area (Å²) in [5.74, 6) is -1.32. The Balaban J connectivity index is 1.75. The maximum atomic E-state index is 12.6. The Morgan fingerprint density at radius 3 is 2.11 bits per heavy atom. The first-order valence-electron chi connectivity index (χ1n) is 8.25. The summed E-state index contributed by atoms with van der Waals surface area (Å²) in [4.78, 5) is 39.4. The summed E-state index contributed by atoms with van der Waals surface area (Å²) >= 11 is 7.31. The second-order valence-corrected chi connectivity index (χ2v) is 7.10. The highest BCUT2D eigenvalue weighted by atomic mass is 35.5. The van der Waals surface area contributed by atoms with Crippen LogP contribution in [0.2, 0.25) is 5.02 Å². The lowest BCUT2D eigenvalue weighted by molar-refractivity contribution is 0.0846. The molecule has 2 N–H and O–H groups in total. The molecule has 1 aromatic heterocycles. The number of amides is 3. The molecule has 0 radical (unpaired) electrons. The monoisotopic (exact) mass is 413 g/mol. The van der Waals surface area contributed by atoms with Crippen LogP contribution in [0.5, 0.6) is 0 Å². The summed E-state index contributed by atoms with van der Waals surface area (Å²) < 4.78 is 0. The third-order valence-electron chi connectivity index (χ3n) is 3.95. The number of hydrogen-bond donors (Lipinski definition) is 2. The van der Waals surface area contributed by atoms with Crippen molar-refractivity contribution in [2.45, 2.75) is 0 Å². The van der Waals surface area contributed by atoms with E-state index < -0.39 is 11.8 Å². The molecule has 0 spiro atoms. The van der Waals surface area contributed by atoms with E-state index in [0.717, 1.165) is 0 Å². The molecule has 142 valence electrons. The van der Waals surface area contributed by atoms with E-state index in [1.54, 1.807) is 67.7 Å². The number of benzene rings is 2. The fourth-order valence-electron chi connectivity index (χ4n) is 2.53. The summed E-state index contributed by atoms with van der Waals surface area (Å²) in [6.45, 7) is 0. The van der Waals surface area contributed by atoms with Gasteiger partial charge in [0.2, 0.25) is 0 Å². The number of anilines is 1. The van der Waals surface area contributed by atoms with Crippen molar-refractivity contribution in [1.82, 2.24) is 10.9 Å². The van der Waals surface area contributed by atoms with Crippen LogP contribution in [-0.2, 0) is 0 Å². The van der Waals surface area contributed by atoms with Crippen molar-refractivity contribution in [3.63, 3.8) is 0 Å². The van der Waals surface area contributed by atoms with Gasteiger partial charge < -0.3 is 4.90 Å². The number of carbonyl (C=O) groups excluding carboxylic acids is 3. The predicted octanol–water partition coefficient (Wildman–Crippen LogP) is 3.75. The van der Waals surface area contributed by atoms with Crippen molar-refractivity contribution in [2.75, 3.05) is 11.9 Å². The fourth-order valence-corrected chi connectivity index (χ4v) is 3.45. The van der Waals surface area contributed by atoms with E-state index in [0.29, 0.717) is 10.6 Å². The highest BCUT2D eigenvalue weighted by Gasteiger charge is 2.20. The zero-order valence-electron chi connectivity index (χ0n) is 14.8. The number of hydrogen-bond acceptors (Lipinski definition) is 4. The summed E-state index contributed by atoms with van der Waals surface area (Å²) in [6.07, 6.45) is 0. The molecule has 6 nitrogen and oxygen atoms in total. The average molecular weight is 414 g/mol. The highest BCUT2D eigenvalue weighted by Crippen LogP contribution is 2.22. The van der Waals surface area contributed by atoms with Gasteiger partial charge in [-0.15, -0.1) is 11.3 Å². The summed E-state index contributed by atoms with van der Waals surface area (Å²) in [7, 11) is 1.59. The number of rotatable bonds is 4. The van der Waals surface area contributed by atoms with Gasteiger partial charge in [0, 0.05) is 7.05 Å². The largest absolute Gasteiger partial charge is 0.310 e. The topological polar surface area (TPSA) is 78.5 Å². The molecule has 0 atom stereocenters. The van der Waals surface area contributed by atoms with E-state index in [1.807, 2.05) is 5.38 Å². The molecule has 28 heavy (non-hydrogen) atoms. The Labute approximate surface area is 170 Å². The number of halogens is 1. The average Bonchev–Trinajstić information content (AvgIpc) is 3.26. The maximum Gasteiger partial charge on any atom is 0.271 e. The third-order valence-corrected chi connectivity index (χ3v) is 5.14. The maximum absolute atomic E-state index is 12.6. The van der Waals surface area contributed by atoms with Gasteiger partial charge in [0.05, 0.1) is 26.7 Å². The zero-order valence-corrected chi connectivity index (χ0v) is 16.4. The van der Waals surface area contributed by atoms with E-state index in [9.17, 15) is 14.4 Å². The Morgan fingerprint density at radius 2 is 1.46 bits per heavy atom. The van der Waals surface area contributed by atoms with E-state index in [4.69, 9.17) is 11.6 Å².